The summed E-state index contributed by atoms with van der Waals surface area (Å²) in [7, 11) is 0. The van der Waals surface area contributed by atoms with E-state index in [0.29, 0.717) is 45.3 Å². The second-order valence-corrected chi connectivity index (χ2v) is 11.6. The summed E-state index contributed by atoms with van der Waals surface area (Å²) in [6.07, 6.45) is 20.3. The van der Waals surface area contributed by atoms with Gasteiger partial charge in [-0.2, -0.15) is 0 Å². The van der Waals surface area contributed by atoms with Crippen molar-refractivity contribution >= 4 is 23.6 Å². The van der Waals surface area contributed by atoms with Crippen LogP contribution in [0.25, 0.3) is 0 Å². The molecule has 0 aromatic carbocycles. The summed E-state index contributed by atoms with van der Waals surface area (Å²) in [5, 5.41) is 8.72. The van der Waals surface area contributed by atoms with Gasteiger partial charge in [0.2, 0.25) is 23.6 Å². The molecule has 0 aromatic heterocycles. The van der Waals surface area contributed by atoms with Crippen molar-refractivity contribution in [2.24, 2.45) is 17.2 Å². The van der Waals surface area contributed by atoms with Gasteiger partial charge in [-0.05, 0) is 70.9 Å². The van der Waals surface area contributed by atoms with E-state index in [1.807, 2.05) is 0 Å². The fourth-order valence-electron chi connectivity index (χ4n) is 4.94. The molecule has 0 radical (unpaired) electrons. The van der Waals surface area contributed by atoms with E-state index in [2.05, 4.69) is 22.9 Å². The molecular weight excluding hydrogens is 532 g/mol. The predicted molar refractivity (Wildman–Crippen MR) is 171 cm³/mol. The number of primary amides is 1. The molecule has 10 nitrogen and oxygen atoms in total. The lowest BCUT2D eigenvalue weighted by atomic mass is 10.1. The lowest BCUT2D eigenvalue weighted by molar-refractivity contribution is -0.129. The summed E-state index contributed by atoms with van der Waals surface area (Å²) < 4.78 is 0. The maximum absolute atomic E-state index is 12.7. The molecule has 0 saturated carbocycles. The lowest BCUT2D eigenvalue weighted by Gasteiger charge is -2.18. The average Bonchev–Trinajstić information content (AvgIpc) is 2.96. The van der Waals surface area contributed by atoms with Gasteiger partial charge in [-0.1, -0.05) is 77.6 Å². The van der Waals surface area contributed by atoms with Crippen LogP contribution >= 0.6 is 0 Å². The molecule has 0 aliphatic carbocycles. The molecule has 0 aliphatic heterocycles. The van der Waals surface area contributed by atoms with Crippen molar-refractivity contribution < 1.29 is 19.2 Å². The Morgan fingerprint density at radius 3 is 1.45 bits per heavy atom. The van der Waals surface area contributed by atoms with Gasteiger partial charge in [0.1, 0.15) is 12.1 Å². The molecule has 2 atom stereocenters. The van der Waals surface area contributed by atoms with E-state index in [9.17, 15) is 19.2 Å². The molecule has 10 heteroatoms. The summed E-state index contributed by atoms with van der Waals surface area (Å²) in [4.78, 5) is 48.7. The molecule has 0 heterocycles. The van der Waals surface area contributed by atoms with Gasteiger partial charge in [0.25, 0.3) is 0 Å². The molecule has 0 saturated heterocycles. The zero-order valence-electron chi connectivity index (χ0n) is 26.7. The highest BCUT2D eigenvalue weighted by atomic mass is 16.2. The Labute approximate surface area is 255 Å². The van der Waals surface area contributed by atoms with Gasteiger partial charge in [0.15, 0.2) is 0 Å². The van der Waals surface area contributed by atoms with Crippen molar-refractivity contribution in [3.05, 3.63) is 0 Å². The van der Waals surface area contributed by atoms with E-state index in [-0.39, 0.29) is 17.7 Å². The van der Waals surface area contributed by atoms with Crippen LogP contribution in [0.2, 0.25) is 0 Å². The molecule has 0 aromatic rings. The van der Waals surface area contributed by atoms with Gasteiger partial charge in [-0.15, -0.1) is 0 Å². The van der Waals surface area contributed by atoms with Gasteiger partial charge in [-0.3, -0.25) is 19.2 Å². The smallest absolute Gasteiger partial charge is 0.242 e. The molecule has 42 heavy (non-hydrogen) atoms. The first kappa shape index (κ1) is 39.8. The van der Waals surface area contributed by atoms with Crippen LogP contribution in [0.1, 0.15) is 148 Å². The minimum absolute atomic E-state index is 0.0339. The molecule has 4 amide bonds. The summed E-state index contributed by atoms with van der Waals surface area (Å²) in [6.45, 7) is 3.96. The molecule has 246 valence electrons. The number of amides is 4. The summed E-state index contributed by atoms with van der Waals surface area (Å²) in [6, 6.07) is -1.08. The number of rotatable bonds is 30. The predicted octanol–water partition coefficient (Wildman–Crippen LogP) is 4.08. The highest BCUT2D eigenvalue weighted by Gasteiger charge is 2.20. The Bertz CT molecular complexity index is 706. The maximum Gasteiger partial charge on any atom is 0.242 e. The van der Waals surface area contributed by atoms with Crippen molar-refractivity contribution in [3.63, 3.8) is 0 Å². The lowest BCUT2D eigenvalue weighted by Crippen LogP contribution is -2.47. The van der Waals surface area contributed by atoms with Crippen molar-refractivity contribution in [1.82, 2.24) is 16.0 Å². The number of hydrogen-bond acceptors (Lipinski definition) is 6. The third-order valence-electron chi connectivity index (χ3n) is 7.61. The van der Waals surface area contributed by atoms with Gasteiger partial charge < -0.3 is 33.2 Å². The van der Waals surface area contributed by atoms with E-state index in [4.69, 9.17) is 17.2 Å². The van der Waals surface area contributed by atoms with Gasteiger partial charge in [0.05, 0.1) is 0 Å². The highest BCUT2D eigenvalue weighted by Crippen LogP contribution is 2.11. The number of unbranched alkanes of at least 4 members (excludes halogenated alkanes) is 14. The molecular formula is C32H64N6O4. The average molecular weight is 597 g/mol. The van der Waals surface area contributed by atoms with E-state index < -0.39 is 18.0 Å². The van der Waals surface area contributed by atoms with Crippen LogP contribution in [0.4, 0.5) is 0 Å². The van der Waals surface area contributed by atoms with E-state index >= 15 is 0 Å². The van der Waals surface area contributed by atoms with Crippen LogP contribution < -0.4 is 33.2 Å². The first-order valence-electron chi connectivity index (χ1n) is 16.9. The number of hydrogen-bond donors (Lipinski definition) is 6. The standard InChI is InChI=1S/C32H64N6O4/c1-2-3-4-10-13-23-30(40)38-28(21-16-18-25-34)32(42)36-26-19-12-9-7-5-6-8-11-14-22-29(39)37-27(31(35)41)20-15-17-24-33/h27-28H,2-26,33-34H2,1H3,(H2,35,41)(H,36,42)(H,37,39)(H,38,40). The summed E-state index contributed by atoms with van der Waals surface area (Å²) in [5.41, 5.74) is 16.5. The van der Waals surface area contributed by atoms with Gasteiger partial charge in [0, 0.05) is 19.4 Å². The fraction of sp³-hybridized carbons (Fsp3) is 0.875. The monoisotopic (exact) mass is 596 g/mol. The van der Waals surface area contributed by atoms with E-state index in [1.165, 1.54) is 12.8 Å². The molecule has 0 bridgehead atoms. The Hall–Kier alpha value is -2.20. The van der Waals surface area contributed by atoms with Crippen LogP contribution in [-0.2, 0) is 19.2 Å². The van der Waals surface area contributed by atoms with Crippen molar-refractivity contribution in [3.8, 4) is 0 Å². The molecule has 9 N–H and O–H groups in total. The van der Waals surface area contributed by atoms with Crippen molar-refractivity contribution in [1.29, 1.82) is 0 Å². The minimum Gasteiger partial charge on any atom is -0.368 e. The molecule has 0 aliphatic rings. The zero-order chi connectivity index (χ0) is 31.3. The highest BCUT2D eigenvalue weighted by molar-refractivity contribution is 5.87. The summed E-state index contributed by atoms with van der Waals surface area (Å²) >= 11 is 0. The largest absolute Gasteiger partial charge is 0.368 e. The van der Waals surface area contributed by atoms with Gasteiger partial charge in [-0.25, -0.2) is 0 Å². The number of carbonyl (C=O) groups is 4. The second kappa shape index (κ2) is 28.9. The number of nitrogens with two attached hydrogens (primary N) is 3. The summed E-state index contributed by atoms with van der Waals surface area (Å²) in [5.74, 6) is -0.719. The molecule has 0 fully saturated rings. The van der Waals surface area contributed by atoms with E-state index in [0.717, 1.165) is 103 Å². The Kier molecular flexibility index (Phi) is 27.4. The Morgan fingerprint density at radius 1 is 0.548 bits per heavy atom. The second-order valence-electron chi connectivity index (χ2n) is 11.6. The van der Waals surface area contributed by atoms with Crippen LogP contribution in [0, 0.1) is 0 Å². The maximum atomic E-state index is 12.7. The molecule has 0 spiro atoms. The van der Waals surface area contributed by atoms with Gasteiger partial charge >= 0.3 is 0 Å². The number of nitrogens with one attached hydrogen (secondary N) is 3. The Balaban J connectivity index is 3.92. The normalized spacial score (nSPS) is 12.5. The molecule has 0 rings (SSSR count). The number of carbonyl (C=O) groups excluding carboxylic acids is 4. The SMILES string of the molecule is CCCCCCCC(=O)NC(CCCCN)C(=O)NCCCCCCCCCCCC(=O)NC(CCCCN)C(N)=O. The van der Waals surface area contributed by atoms with Crippen LogP contribution in [0.3, 0.4) is 0 Å². The van der Waals surface area contributed by atoms with Crippen molar-refractivity contribution in [2.75, 3.05) is 19.6 Å². The fourth-order valence-corrected chi connectivity index (χ4v) is 4.94. The molecule has 2 unspecified atom stereocenters. The third-order valence-corrected chi connectivity index (χ3v) is 7.61. The Morgan fingerprint density at radius 2 is 0.976 bits per heavy atom. The van der Waals surface area contributed by atoms with Crippen LogP contribution in [-0.4, -0.2) is 55.3 Å². The van der Waals surface area contributed by atoms with Crippen LogP contribution in [0.15, 0.2) is 0 Å². The van der Waals surface area contributed by atoms with E-state index in [1.54, 1.807) is 0 Å². The topological polar surface area (TPSA) is 182 Å². The zero-order valence-corrected chi connectivity index (χ0v) is 26.7. The minimum atomic E-state index is -0.601. The van der Waals surface area contributed by atoms with Crippen LogP contribution in [0.5, 0.6) is 0 Å². The quantitative estimate of drug-likeness (QED) is 0.0679. The first-order valence-corrected chi connectivity index (χ1v) is 16.9. The first-order chi connectivity index (χ1) is 20.3. The van der Waals surface area contributed by atoms with Crippen molar-refractivity contribution in [2.45, 2.75) is 160 Å². The third kappa shape index (κ3) is 24.4.